The molecule has 0 aliphatic heterocycles. The summed E-state index contributed by atoms with van der Waals surface area (Å²) >= 11 is 3.87. The van der Waals surface area contributed by atoms with Crippen LogP contribution >= 0.6 is 34.9 Å². The van der Waals surface area contributed by atoms with Crippen LogP contribution in [0.5, 0.6) is 5.75 Å². The van der Waals surface area contributed by atoms with Gasteiger partial charge in [0.1, 0.15) is 5.75 Å². The molecule has 25 heavy (non-hydrogen) atoms. The predicted molar refractivity (Wildman–Crippen MR) is 102 cm³/mol. The number of methoxy groups -OCH3 is 1. The molecule has 0 bridgehead atoms. The lowest BCUT2D eigenvalue weighted by Crippen LogP contribution is -2.22. The predicted octanol–water partition coefficient (Wildman–Crippen LogP) is 2.55. The molecule has 10 heteroatoms. The zero-order valence-electron chi connectivity index (χ0n) is 13.9. The molecule has 0 radical (unpaired) electrons. The Morgan fingerprint density at radius 2 is 2.08 bits per heavy atom. The normalized spacial score (nSPS) is 11.8. The highest BCUT2D eigenvalue weighted by Crippen LogP contribution is 2.32. The first-order valence-corrected chi connectivity index (χ1v) is 9.94. The number of hydrogen-bond donors (Lipinski definition) is 2. The molecular weight excluding hydrogens is 380 g/mol. The van der Waals surface area contributed by atoms with Gasteiger partial charge in [-0.25, -0.2) is 0 Å². The van der Waals surface area contributed by atoms with Crippen molar-refractivity contribution in [3.63, 3.8) is 0 Å². The topological polar surface area (TPSA) is 107 Å². The van der Waals surface area contributed by atoms with Crippen LogP contribution in [0.4, 0.5) is 5.69 Å². The molecule has 0 unspecified atom stereocenters. The molecule has 134 valence electrons. The summed E-state index contributed by atoms with van der Waals surface area (Å²) in [6.45, 7) is 3.74. The van der Waals surface area contributed by atoms with Crippen molar-refractivity contribution in [1.82, 2.24) is 10.2 Å². The van der Waals surface area contributed by atoms with Crippen LogP contribution in [0.15, 0.2) is 26.9 Å². The minimum Gasteiger partial charge on any atom is -0.495 e. The number of aryl methyl sites for hydroxylation is 1. The fourth-order valence-corrected chi connectivity index (χ4v) is 4.70. The summed E-state index contributed by atoms with van der Waals surface area (Å²) in [5.74, 6) is 0.199. The molecule has 1 aromatic carbocycles. The lowest BCUT2D eigenvalue weighted by molar-refractivity contribution is -0.116. The number of nitrogens with one attached hydrogen (secondary N) is 1. The number of nitrogens with zero attached hydrogens (tertiary/aromatic N) is 2. The molecule has 0 saturated carbocycles. The second kappa shape index (κ2) is 9.07. The van der Waals surface area contributed by atoms with Crippen molar-refractivity contribution in [2.75, 3.05) is 18.2 Å². The number of thioether (sulfide) groups is 2. The Morgan fingerprint density at radius 3 is 2.76 bits per heavy atom. The van der Waals surface area contributed by atoms with Crippen LogP contribution in [0.2, 0.25) is 0 Å². The van der Waals surface area contributed by atoms with Gasteiger partial charge in [-0.05, 0) is 31.5 Å². The Hall–Kier alpha value is -1.78. The Kier molecular flexibility index (Phi) is 7.09. The molecule has 0 saturated heterocycles. The van der Waals surface area contributed by atoms with Crippen molar-refractivity contribution >= 4 is 52.4 Å². The van der Waals surface area contributed by atoms with Gasteiger partial charge in [-0.3, -0.25) is 9.59 Å². The summed E-state index contributed by atoms with van der Waals surface area (Å²) in [4.78, 5) is 23.2. The van der Waals surface area contributed by atoms with Crippen molar-refractivity contribution in [2.45, 2.75) is 27.8 Å². The molecule has 1 aromatic heterocycles. The molecule has 2 amide bonds. The monoisotopic (exact) mass is 398 g/mol. The first kappa shape index (κ1) is 19.5. The Labute approximate surface area is 158 Å². The highest BCUT2D eigenvalue weighted by molar-refractivity contribution is 8.04. The largest absolute Gasteiger partial charge is 0.495 e. The number of rotatable bonds is 8. The van der Waals surface area contributed by atoms with E-state index in [1.807, 2.05) is 25.1 Å². The maximum Gasteiger partial charge on any atom is 0.237 e. The second-order valence-corrected chi connectivity index (χ2v) is 8.83. The van der Waals surface area contributed by atoms with E-state index < -0.39 is 5.91 Å². The van der Waals surface area contributed by atoms with E-state index in [1.54, 1.807) is 14.0 Å². The summed E-state index contributed by atoms with van der Waals surface area (Å²) in [7, 11) is 1.56. The van der Waals surface area contributed by atoms with Gasteiger partial charge in [-0.1, -0.05) is 40.9 Å². The van der Waals surface area contributed by atoms with Crippen LogP contribution in [0.25, 0.3) is 0 Å². The molecule has 2 rings (SSSR count). The van der Waals surface area contributed by atoms with Gasteiger partial charge in [0.25, 0.3) is 0 Å². The number of aromatic nitrogens is 2. The fraction of sp³-hybridized carbons (Fsp3) is 0.333. The SMILES string of the molecule is COc1ccc(C)cc1NC(=O)[C@@H](C)Sc1nnc(SCC(N)=O)s1. The van der Waals surface area contributed by atoms with Crippen molar-refractivity contribution in [2.24, 2.45) is 5.73 Å². The summed E-state index contributed by atoms with van der Waals surface area (Å²) in [6, 6.07) is 5.59. The Bertz CT molecular complexity index is 766. The highest BCUT2D eigenvalue weighted by Gasteiger charge is 2.19. The molecule has 7 nitrogen and oxygen atoms in total. The van der Waals surface area contributed by atoms with Crippen LogP contribution in [0.3, 0.4) is 0 Å². The van der Waals surface area contributed by atoms with Crippen LogP contribution < -0.4 is 15.8 Å². The van der Waals surface area contributed by atoms with Gasteiger partial charge in [-0.2, -0.15) is 0 Å². The number of ether oxygens (including phenoxy) is 1. The third-order valence-corrected chi connectivity index (χ3v) is 6.25. The number of nitrogens with two attached hydrogens (primary N) is 1. The molecule has 0 aliphatic rings. The van der Waals surface area contributed by atoms with Crippen molar-refractivity contribution in [1.29, 1.82) is 0 Å². The molecular formula is C15H18N4O3S3. The minimum absolute atomic E-state index is 0.155. The van der Waals surface area contributed by atoms with Crippen molar-refractivity contribution in [3.8, 4) is 5.75 Å². The molecule has 0 fully saturated rings. The minimum atomic E-state index is -0.408. The van der Waals surface area contributed by atoms with Gasteiger partial charge < -0.3 is 15.8 Å². The average molecular weight is 399 g/mol. The van der Waals surface area contributed by atoms with Gasteiger partial charge in [0.05, 0.1) is 23.8 Å². The van der Waals surface area contributed by atoms with Gasteiger partial charge in [0, 0.05) is 0 Å². The maximum atomic E-state index is 12.4. The van der Waals surface area contributed by atoms with E-state index in [2.05, 4.69) is 15.5 Å². The summed E-state index contributed by atoms with van der Waals surface area (Å²) < 4.78 is 6.57. The van der Waals surface area contributed by atoms with Crippen LogP contribution in [0, 0.1) is 6.92 Å². The molecule has 2 aromatic rings. The number of anilines is 1. The first-order chi connectivity index (χ1) is 11.9. The third-order valence-electron chi connectivity index (χ3n) is 2.99. The molecule has 3 N–H and O–H groups in total. The smallest absolute Gasteiger partial charge is 0.237 e. The van der Waals surface area contributed by atoms with E-state index in [9.17, 15) is 9.59 Å². The van der Waals surface area contributed by atoms with Gasteiger partial charge in [0.15, 0.2) is 8.68 Å². The van der Waals surface area contributed by atoms with Crippen molar-refractivity contribution in [3.05, 3.63) is 23.8 Å². The number of benzene rings is 1. The Balaban J connectivity index is 1.96. The van der Waals surface area contributed by atoms with Gasteiger partial charge >= 0.3 is 0 Å². The number of carbonyl (C=O) groups excluding carboxylic acids is 2. The van der Waals surface area contributed by atoms with Crippen LogP contribution in [-0.2, 0) is 9.59 Å². The van der Waals surface area contributed by atoms with E-state index in [-0.39, 0.29) is 16.9 Å². The first-order valence-electron chi connectivity index (χ1n) is 7.25. The average Bonchev–Trinajstić information content (AvgIpc) is 3.00. The standard InChI is InChI=1S/C15H18N4O3S3/c1-8-4-5-11(22-3)10(6-8)17-13(21)9(2)24-15-19-18-14(25-15)23-7-12(16)20/h4-6,9H,7H2,1-3H3,(H2,16,20)(H,17,21)/t9-/m1/s1. The number of carbonyl (C=O) groups is 2. The highest BCUT2D eigenvalue weighted by atomic mass is 32.2. The van der Waals surface area contributed by atoms with E-state index in [0.29, 0.717) is 20.1 Å². The molecule has 1 heterocycles. The molecule has 0 spiro atoms. The van der Waals surface area contributed by atoms with E-state index in [1.165, 1.54) is 34.9 Å². The van der Waals surface area contributed by atoms with E-state index in [4.69, 9.17) is 10.5 Å². The van der Waals surface area contributed by atoms with Crippen molar-refractivity contribution < 1.29 is 14.3 Å². The van der Waals surface area contributed by atoms with E-state index >= 15 is 0 Å². The lowest BCUT2D eigenvalue weighted by Gasteiger charge is -2.13. The Morgan fingerprint density at radius 1 is 1.36 bits per heavy atom. The summed E-state index contributed by atoms with van der Waals surface area (Å²) in [5.41, 5.74) is 6.76. The van der Waals surface area contributed by atoms with E-state index in [0.717, 1.165) is 5.56 Å². The number of hydrogen-bond acceptors (Lipinski definition) is 8. The number of amides is 2. The quantitative estimate of drug-likeness (QED) is 0.658. The van der Waals surface area contributed by atoms with Crippen LogP contribution in [-0.4, -0.2) is 40.1 Å². The van der Waals surface area contributed by atoms with Gasteiger partial charge in [-0.15, -0.1) is 10.2 Å². The summed E-state index contributed by atoms with van der Waals surface area (Å²) in [6.07, 6.45) is 0. The zero-order valence-corrected chi connectivity index (χ0v) is 16.4. The number of primary amides is 1. The van der Waals surface area contributed by atoms with Crippen LogP contribution in [0.1, 0.15) is 12.5 Å². The molecule has 0 aliphatic carbocycles. The third kappa shape index (κ3) is 5.91. The maximum absolute atomic E-state index is 12.4. The second-order valence-electron chi connectivity index (χ2n) is 5.04. The summed E-state index contributed by atoms with van der Waals surface area (Å²) in [5, 5.41) is 10.5. The molecule has 1 atom stereocenters. The lowest BCUT2D eigenvalue weighted by atomic mass is 10.2. The fourth-order valence-electron chi connectivity index (χ4n) is 1.79. The zero-order chi connectivity index (χ0) is 18.4. The van der Waals surface area contributed by atoms with Gasteiger partial charge in [0.2, 0.25) is 11.8 Å².